The zero-order chi connectivity index (χ0) is 25.7. The summed E-state index contributed by atoms with van der Waals surface area (Å²) >= 11 is 0. The van der Waals surface area contributed by atoms with E-state index in [1.807, 2.05) is 59.6 Å². The zero-order valence-corrected chi connectivity index (χ0v) is 21.3. The van der Waals surface area contributed by atoms with Crippen molar-refractivity contribution in [1.82, 2.24) is 19.8 Å². The first-order valence-corrected chi connectivity index (χ1v) is 12.5. The Balaban J connectivity index is 1.83. The van der Waals surface area contributed by atoms with Gasteiger partial charge in [0.05, 0.1) is 23.4 Å². The second-order valence-electron chi connectivity index (χ2n) is 10.6. The fraction of sp³-hybridized carbons (Fsp3) is 0.414. The van der Waals surface area contributed by atoms with Crippen LogP contribution >= 0.6 is 0 Å². The molecule has 0 unspecified atom stereocenters. The van der Waals surface area contributed by atoms with E-state index in [2.05, 4.69) is 36.7 Å². The average Bonchev–Trinajstić information content (AvgIpc) is 3.53. The Morgan fingerprint density at radius 2 is 2.03 bits per heavy atom. The van der Waals surface area contributed by atoms with Crippen LogP contribution in [0.1, 0.15) is 50.2 Å². The maximum Gasteiger partial charge on any atom is 0.248 e. The summed E-state index contributed by atoms with van der Waals surface area (Å²) in [6.07, 6.45) is 3.03. The second-order valence-corrected chi connectivity index (χ2v) is 10.6. The number of amides is 1. The summed E-state index contributed by atoms with van der Waals surface area (Å²) in [6, 6.07) is 19.4. The SMILES string of the molecule is CC(C)(C)[C@H](c1nc(-c2ccccc2)cn1Cc1cccc(C#N)c1)N(C[C@H]1CCNC1)C(=O)CO. The number of imidazole rings is 1. The van der Waals surface area contributed by atoms with Crippen LogP contribution in [0.3, 0.4) is 0 Å². The van der Waals surface area contributed by atoms with Crippen LogP contribution in [0.4, 0.5) is 0 Å². The van der Waals surface area contributed by atoms with Crippen molar-refractivity contribution < 1.29 is 9.90 Å². The highest BCUT2D eigenvalue weighted by Gasteiger charge is 2.39. The van der Waals surface area contributed by atoms with E-state index in [1.165, 1.54) is 0 Å². The van der Waals surface area contributed by atoms with Gasteiger partial charge in [-0.15, -0.1) is 0 Å². The number of hydrogen-bond acceptors (Lipinski definition) is 5. The van der Waals surface area contributed by atoms with Gasteiger partial charge in [0, 0.05) is 24.8 Å². The van der Waals surface area contributed by atoms with E-state index in [-0.39, 0.29) is 17.4 Å². The number of aliphatic hydroxyl groups is 1. The standard InChI is InChI=1S/C29H35N5O2/c1-29(2,3)27(34(26(36)20-35)18-23-12-13-31-16-23)28-32-25(24-10-5-4-6-11-24)19-33(28)17-22-9-7-8-21(14-22)15-30/h4-11,14,19,23,27,31,35H,12-13,16-18,20H2,1-3H3/t23-,27-/m0/s1. The van der Waals surface area contributed by atoms with Gasteiger partial charge in [-0.1, -0.05) is 63.2 Å². The van der Waals surface area contributed by atoms with E-state index in [9.17, 15) is 15.2 Å². The van der Waals surface area contributed by atoms with E-state index < -0.39 is 6.61 Å². The Kier molecular flexibility index (Phi) is 7.88. The summed E-state index contributed by atoms with van der Waals surface area (Å²) in [5, 5.41) is 22.7. The molecule has 3 aromatic rings. The van der Waals surface area contributed by atoms with Gasteiger partial charge in [0.15, 0.2) is 0 Å². The van der Waals surface area contributed by atoms with Gasteiger partial charge in [-0.2, -0.15) is 5.26 Å². The van der Waals surface area contributed by atoms with Crippen LogP contribution in [0.2, 0.25) is 0 Å². The lowest BCUT2D eigenvalue weighted by atomic mass is 9.84. The van der Waals surface area contributed by atoms with Crippen LogP contribution < -0.4 is 5.32 Å². The summed E-state index contributed by atoms with van der Waals surface area (Å²) in [5.74, 6) is 0.815. The quantitative estimate of drug-likeness (QED) is 0.503. The molecule has 1 aromatic heterocycles. The molecule has 2 N–H and O–H groups in total. The number of rotatable bonds is 8. The largest absolute Gasteiger partial charge is 0.387 e. The van der Waals surface area contributed by atoms with Crippen molar-refractivity contribution in [3.63, 3.8) is 0 Å². The third-order valence-electron chi connectivity index (χ3n) is 6.74. The van der Waals surface area contributed by atoms with E-state index in [0.717, 1.165) is 42.2 Å². The number of aliphatic hydroxyl groups excluding tert-OH is 1. The molecular formula is C29H35N5O2. The number of nitrogens with one attached hydrogen (secondary N) is 1. The normalized spacial score (nSPS) is 16.5. The molecule has 2 atom stereocenters. The molecular weight excluding hydrogens is 450 g/mol. The van der Waals surface area contributed by atoms with Crippen molar-refractivity contribution in [2.45, 2.75) is 39.8 Å². The van der Waals surface area contributed by atoms with Gasteiger partial charge in [0.2, 0.25) is 5.91 Å². The first-order chi connectivity index (χ1) is 17.3. The number of benzene rings is 2. The molecule has 36 heavy (non-hydrogen) atoms. The molecule has 188 valence electrons. The molecule has 1 aliphatic rings. The van der Waals surface area contributed by atoms with Crippen LogP contribution in [0.5, 0.6) is 0 Å². The molecule has 0 saturated carbocycles. The number of aromatic nitrogens is 2. The van der Waals surface area contributed by atoms with Crippen molar-refractivity contribution in [2.24, 2.45) is 11.3 Å². The summed E-state index contributed by atoms with van der Waals surface area (Å²) in [5.41, 5.74) is 3.07. The second kappa shape index (κ2) is 11.1. The average molecular weight is 486 g/mol. The van der Waals surface area contributed by atoms with Crippen molar-refractivity contribution in [3.8, 4) is 17.3 Å². The highest BCUT2D eigenvalue weighted by Crippen LogP contribution is 2.39. The molecule has 2 aromatic carbocycles. The molecule has 0 radical (unpaired) electrons. The monoisotopic (exact) mass is 485 g/mol. The predicted molar refractivity (Wildman–Crippen MR) is 140 cm³/mol. The van der Waals surface area contributed by atoms with E-state index in [4.69, 9.17) is 4.98 Å². The molecule has 7 nitrogen and oxygen atoms in total. The number of carbonyl (C=O) groups excluding carboxylic acids is 1. The fourth-order valence-electron chi connectivity index (χ4n) is 5.04. The van der Waals surface area contributed by atoms with Gasteiger partial charge in [-0.05, 0) is 48.5 Å². The predicted octanol–water partition coefficient (Wildman–Crippen LogP) is 3.99. The summed E-state index contributed by atoms with van der Waals surface area (Å²) < 4.78 is 2.10. The number of nitrogens with zero attached hydrogens (tertiary/aromatic N) is 4. The van der Waals surface area contributed by atoms with E-state index in [1.54, 1.807) is 6.07 Å². The smallest absolute Gasteiger partial charge is 0.248 e. The minimum Gasteiger partial charge on any atom is -0.387 e. The molecule has 0 spiro atoms. The first kappa shape index (κ1) is 25.6. The highest BCUT2D eigenvalue weighted by molar-refractivity contribution is 5.77. The number of nitriles is 1. The van der Waals surface area contributed by atoms with Crippen molar-refractivity contribution >= 4 is 5.91 Å². The molecule has 0 aliphatic carbocycles. The first-order valence-electron chi connectivity index (χ1n) is 12.5. The third kappa shape index (κ3) is 5.84. The number of hydrogen-bond donors (Lipinski definition) is 2. The van der Waals surface area contributed by atoms with E-state index in [0.29, 0.717) is 24.6 Å². The van der Waals surface area contributed by atoms with Crippen LogP contribution in [0.15, 0.2) is 60.8 Å². The zero-order valence-electron chi connectivity index (χ0n) is 21.3. The third-order valence-corrected chi connectivity index (χ3v) is 6.74. The Morgan fingerprint density at radius 1 is 1.25 bits per heavy atom. The maximum atomic E-state index is 13.2. The molecule has 1 amide bonds. The molecule has 1 aliphatic heterocycles. The van der Waals surface area contributed by atoms with E-state index >= 15 is 0 Å². The van der Waals surface area contributed by atoms with Gasteiger partial charge >= 0.3 is 0 Å². The molecule has 4 rings (SSSR count). The number of carbonyl (C=O) groups is 1. The fourth-order valence-corrected chi connectivity index (χ4v) is 5.04. The lowest BCUT2D eigenvalue weighted by Gasteiger charge is -2.41. The van der Waals surface area contributed by atoms with Crippen LogP contribution in [-0.2, 0) is 11.3 Å². The summed E-state index contributed by atoms with van der Waals surface area (Å²) in [7, 11) is 0. The molecule has 1 saturated heterocycles. The van der Waals surface area contributed by atoms with Crippen LogP contribution in [0.25, 0.3) is 11.3 Å². The Bertz CT molecular complexity index is 1220. The molecule has 2 heterocycles. The topological polar surface area (TPSA) is 94.2 Å². The van der Waals surface area contributed by atoms with Gasteiger partial charge in [0.25, 0.3) is 0 Å². The van der Waals surface area contributed by atoms with Gasteiger partial charge in [0.1, 0.15) is 12.4 Å². The minimum absolute atomic E-state index is 0.288. The molecule has 1 fully saturated rings. The van der Waals surface area contributed by atoms with Crippen molar-refractivity contribution in [2.75, 3.05) is 26.2 Å². The minimum atomic E-state index is -0.538. The van der Waals surface area contributed by atoms with Crippen LogP contribution in [-0.4, -0.2) is 51.7 Å². The van der Waals surface area contributed by atoms with Gasteiger partial charge < -0.3 is 19.9 Å². The van der Waals surface area contributed by atoms with Gasteiger partial charge in [-0.25, -0.2) is 4.98 Å². The molecule has 7 heteroatoms. The van der Waals surface area contributed by atoms with Crippen molar-refractivity contribution in [3.05, 3.63) is 77.7 Å². The Morgan fingerprint density at radius 3 is 2.67 bits per heavy atom. The molecule has 0 bridgehead atoms. The Hall–Kier alpha value is -3.47. The lowest BCUT2D eigenvalue weighted by molar-refractivity contribution is -0.140. The maximum absolute atomic E-state index is 13.2. The Labute approximate surface area is 213 Å². The summed E-state index contributed by atoms with van der Waals surface area (Å²) in [6.45, 7) is 8.67. The van der Waals surface area contributed by atoms with Gasteiger partial charge in [-0.3, -0.25) is 4.79 Å². The lowest BCUT2D eigenvalue weighted by Crippen LogP contribution is -2.46. The summed E-state index contributed by atoms with van der Waals surface area (Å²) in [4.78, 5) is 20.1. The van der Waals surface area contributed by atoms with Crippen molar-refractivity contribution in [1.29, 1.82) is 5.26 Å². The highest BCUT2D eigenvalue weighted by atomic mass is 16.3. The van der Waals surface area contributed by atoms with Crippen LogP contribution in [0, 0.1) is 22.7 Å².